The van der Waals surface area contributed by atoms with E-state index in [1.54, 1.807) is 4.68 Å². The van der Waals surface area contributed by atoms with Gasteiger partial charge in [-0.1, -0.05) is 0 Å². The Morgan fingerprint density at radius 2 is 2.26 bits per heavy atom. The molecule has 3 heterocycles. The molecule has 2 fully saturated rings. The van der Waals surface area contributed by atoms with Gasteiger partial charge in [-0.05, 0) is 33.1 Å². The molecule has 2 aliphatic heterocycles. The second kappa shape index (κ2) is 6.24. The van der Waals surface area contributed by atoms with E-state index < -0.39 is 9.84 Å². The van der Waals surface area contributed by atoms with Crippen molar-refractivity contribution in [1.82, 2.24) is 15.1 Å². The lowest BCUT2D eigenvalue weighted by Gasteiger charge is -2.20. The summed E-state index contributed by atoms with van der Waals surface area (Å²) in [5.74, 6) is 0.106. The predicted octanol–water partition coefficient (Wildman–Crippen LogP) is 0.848. The summed E-state index contributed by atoms with van der Waals surface area (Å²) in [6.07, 6.45) is 4.13. The van der Waals surface area contributed by atoms with Gasteiger partial charge in [-0.15, -0.1) is 0 Å². The third-order valence-corrected chi connectivity index (χ3v) is 6.48. The van der Waals surface area contributed by atoms with Gasteiger partial charge in [0.25, 0.3) is 5.91 Å². The van der Waals surface area contributed by atoms with E-state index in [1.807, 2.05) is 13.8 Å². The van der Waals surface area contributed by atoms with E-state index >= 15 is 0 Å². The van der Waals surface area contributed by atoms with Crippen molar-refractivity contribution in [2.75, 3.05) is 18.1 Å². The Hall–Kier alpha value is -1.41. The molecule has 0 saturated carbocycles. The SMILES string of the molecule is Cc1c(C(=O)N[C@H](C)[C@@H]2CCCO2)cnn1[C@H]1CCS(=O)(=O)C1. The molecule has 1 amide bonds. The number of aromatic nitrogens is 2. The molecule has 23 heavy (non-hydrogen) atoms. The molecule has 3 rings (SSSR count). The van der Waals surface area contributed by atoms with Gasteiger partial charge in [0.1, 0.15) is 0 Å². The molecule has 0 radical (unpaired) electrons. The summed E-state index contributed by atoms with van der Waals surface area (Å²) in [6.45, 7) is 4.50. The topological polar surface area (TPSA) is 90.3 Å². The minimum atomic E-state index is -2.98. The number of hydrogen-bond donors (Lipinski definition) is 1. The molecule has 0 bridgehead atoms. The molecular formula is C15H23N3O4S. The molecule has 7 nitrogen and oxygen atoms in total. The highest BCUT2D eigenvalue weighted by molar-refractivity contribution is 7.91. The summed E-state index contributed by atoms with van der Waals surface area (Å²) in [6, 6.07) is -0.225. The van der Waals surface area contributed by atoms with Crippen molar-refractivity contribution in [3.63, 3.8) is 0 Å². The predicted molar refractivity (Wildman–Crippen MR) is 85.2 cm³/mol. The smallest absolute Gasteiger partial charge is 0.255 e. The Morgan fingerprint density at radius 1 is 1.48 bits per heavy atom. The number of sulfone groups is 1. The fourth-order valence-corrected chi connectivity index (χ4v) is 5.05. The maximum Gasteiger partial charge on any atom is 0.255 e. The van der Waals surface area contributed by atoms with E-state index in [0.717, 1.165) is 19.4 Å². The summed E-state index contributed by atoms with van der Waals surface area (Å²) in [7, 11) is -2.98. The zero-order valence-corrected chi connectivity index (χ0v) is 14.3. The van der Waals surface area contributed by atoms with Gasteiger partial charge in [0, 0.05) is 12.3 Å². The van der Waals surface area contributed by atoms with Crippen LogP contribution in [-0.4, -0.2) is 54.4 Å². The van der Waals surface area contributed by atoms with Gasteiger partial charge in [0.15, 0.2) is 9.84 Å². The van der Waals surface area contributed by atoms with Gasteiger partial charge in [-0.25, -0.2) is 8.42 Å². The maximum atomic E-state index is 12.4. The van der Waals surface area contributed by atoms with Crippen LogP contribution in [0.2, 0.25) is 0 Å². The van der Waals surface area contributed by atoms with Gasteiger partial charge in [-0.2, -0.15) is 5.10 Å². The van der Waals surface area contributed by atoms with Crippen LogP contribution in [0.5, 0.6) is 0 Å². The maximum absolute atomic E-state index is 12.4. The number of ether oxygens (including phenoxy) is 1. The lowest BCUT2D eigenvalue weighted by atomic mass is 10.1. The van der Waals surface area contributed by atoms with E-state index in [4.69, 9.17) is 4.74 Å². The van der Waals surface area contributed by atoms with E-state index in [0.29, 0.717) is 17.7 Å². The molecule has 0 aliphatic carbocycles. The van der Waals surface area contributed by atoms with Crippen molar-refractivity contribution < 1.29 is 17.9 Å². The van der Waals surface area contributed by atoms with Crippen molar-refractivity contribution in [1.29, 1.82) is 0 Å². The Bertz CT molecular complexity index is 692. The summed E-state index contributed by atoms with van der Waals surface area (Å²) < 4.78 is 30.5. The van der Waals surface area contributed by atoms with Gasteiger partial charge in [0.05, 0.1) is 41.5 Å². The average molecular weight is 341 g/mol. The first kappa shape index (κ1) is 16.4. The van der Waals surface area contributed by atoms with Gasteiger partial charge in [0.2, 0.25) is 0 Å². The normalized spacial score (nSPS) is 27.9. The summed E-state index contributed by atoms with van der Waals surface area (Å²) in [5.41, 5.74) is 1.21. The minimum Gasteiger partial charge on any atom is -0.376 e. The van der Waals surface area contributed by atoms with Gasteiger partial charge >= 0.3 is 0 Å². The highest BCUT2D eigenvalue weighted by Gasteiger charge is 2.32. The number of rotatable bonds is 4. The number of carbonyl (C=O) groups is 1. The Kier molecular flexibility index (Phi) is 4.46. The number of hydrogen-bond acceptors (Lipinski definition) is 5. The zero-order valence-electron chi connectivity index (χ0n) is 13.5. The van der Waals surface area contributed by atoms with E-state index in [1.165, 1.54) is 6.20 Å². The monoisotopic (exact) mass is 341 g/mol. The molecule has 1 aromatic rings. The van der Waals surface area contributed by atoms with Crippen LogP contribution in [0.15, 0.2) is 6.20 Å². The van der Waals surface area contributed by atoms with Crippen LogP contribution in [-0.2, 0) is 14.6 Å². The molecule has 0 aromatic carbocycles. The summed E-state index contributed by atoms with van der Waals surface area (Å²) in [5, 5.41) is 7.21. The highest BCUT2D eigenvalue weighted by atomic mass is 32.2. The van der Waals surface area contributed by atoms with Crippen molar-refractivity contribution in [2.45, 2.75) is 51.3 Å². The van der Waals surface area contributed by atoms with Gasteiger partial charge < -0.3 is 10.1 Å². The Labute approximate surface area is 136 Å². The van der Waals surface area contributed by atoms with Crippen molar-refractivity contribution in [2.24, 2.45) is 0 Å². The van der Waals surface area contributed by atoms with E-state index in [2.05, 4.69) is 10.4 Å². The average Bonchev–Trinajstić information content (AvgIpc) is 3.18. The quantitative estimate of drug-likeness (QED) is 0.877. The van der Waals surface area contributed by atoms with Crippen LogP contribution in [0.3, 0.4) is 0 Å². The molecule has 2 saturated heterocycles. The molecule has 2 aliphatic rings. The summed E-state index contributed by atoms with van der Waals surface area (Å²) >= 11 is 0. The first-order valence-electron chi connectivity index (χ1n) is 8.04. The van der Waals surface area contributed by atoms with Crippen molar-refractivity contribution in [3.05, 3.63) is 17.5 Å². The molecule has 1 aromatic heterocycles. The fourth-order valence-electron chi connectivity index (χ4n) is 3.36. The molecular weight excluding hydrogens is 318 g/mol. The van der Waals surface area contributed by atoms with Crippen molar-refractivity contribution >= 4 is 15.7 Å². The molecule has 0 unspecified atom stereocenters. The molecule has 0 spiro atoms. The molecule has 128 valence electrons. The lowest BCUT2D eigenvalue weighted by molar-refractivity contribution is 0.0712. The molecule has 1 N–H and O–H groups in total. The van der Waals surface area contributed by atoms with Crippen molar-refractivity contribution in [3.8, 4) is 0 Å². The fraction of sp³-hybridized carbons (Fsp3) is 0.733. The largest absolute Gasteiger partial charge is 0.376 e. The van der Waals surface area contributed by atoms with Crippen LogP contribution in [0.1, 0.15) is 48.3 Å². The first-order valence-corrected chi connectivity index (χ1v) is 9.86. The van der Waals surface area contributed by atoms with Crippen LogP contribution >= 0.6 is 0 Å². The van der Waals surface area contributed by atoms with E-state index in [9.17, 15) is 13.2 Å². The number of nitrogens with zero attached hydrogens (tertiary/aromatic N) is 2. The molecule has 8 heteroatoms. The summed E-state index contributed by atoms with van der Waals surface area (Å²) in [4.78, 5) is 12.4. The third-order valence-electron chi connectivity index (χ3n) is 4.72. The van der Waals surface area contributed by atoms with Crippen LogP contribution in [0, 0.1) is 6.92 Å². The highest BCUT2D eigenvalue weighted by Crippen LogP contribution is 2.25. The zero-order chi connectivity index (χ0) is 16.6. The van der Waals surface area contributed by atoms with E-state index in [-0.39, 0.29) is 35.6 Å². The van der Waals surface area contributed by atoms with Crippen LogP contribution < -0.4 is 5.32 Å². The number of nitrogens with one attached hydrogen (secondary N) is 1. The standard InChI is InChI=1S/C15H23N3O4S/c1-10(14-4-3-6-22-14)17-15(19)13-8-16-18(11(13)2)12-5-7-23(20,21)9-12/h8,10,12,14H,3-7,9H2,1-2H3,(H,17,19)/t10-,12+,14+/m1/s1. The van der Waals surface area contributed by atoms with Crippen LogP contribution in [0.25, 0.3) is 0 Å². The minimum absolute atomic E-state index is 0.0559. The number of amides is 1. The third kappa shape index (κ3) is 3.42. The first-order chi connectivity index (χ1) is 10.9. The van der Waals surface area contributed by atoms with Gasteiger partial charge in [-0.3, -0.25) is 9.48 Å². The van der Waals surface area contributed by atoms with Crippen LogP contribution in [0.4, 0.5) is 0 Å². The second-order valence-corrected chi connectivity index (χ2v) is 8.69. The Balaban J connectivity index is 1.70. The molecule has 3 atom stereocenters. The number of carbonyl (C=O) groups excluding carboxylic acids is 1. The second-order valence-electron chi connectivity index (χ2n) is 6.46. The lowest BCUT2D eigenvalue weighted by Crippen LogP contribution is -2.41. The Morgan fingerprint density at radius 3 is 2.87 bits per heavy atom.